The van der Waals surface area contributed by atoms with Crippen LogP contribution in [-0.2, 0) is 17.8 Å². The molecule has 0 aliphatic heterocycles. The van der Waals surface area contributed by atoms with Gasteiger partial charge in [-0.05, 0) is 34.8 Å². The fourth-order valence-corrected chi connectivity index (χ4v) is 3.58. The summed E-state index contributed by atoms with van der Waals surface area (Å²) in [5.74, 6) is -0.488. The molecule has 0 fully saturated rings. The van der Waals surface area contributed by atoms with E-state index in [2.05, 4.69) is 9.59 Å². The van der Waals surface area contributed by atoms with Crippen molar-refractivity contribution >= 4 is 39.2 Å². The van der Waals surface area contributed by atoms with Gasteiger partial charge in [0.2, 0.25) is 0 Å². The number of carbonyl (C=O) groups is 1. The van der Waals surface area contributed by atoms with Crippen LogP contribution in [0.2, 0.25) is 0 Å². The number of hydrogen-bond acceptors (Lipinski definition) is 7. The van der Waals surface area contributed by atoms with Gasteiger partial charge in [0.05, 0.1) is 5.69 Å². The van der Waals surface area contributed by atoms with E-state index in [0.29, 0.717) is 28.1 Å². The standard InChI is InChI=1S/C19H14N2O4S/c1-2-14-18(26-21-20-14)19(23)24-10-12-9-16(22)25-15-8-7-11-5-3-4-6-13(11)17(12)15/h3-9H,2,10H2,1H3. The van der Waals surface area contributed by atoms with E-state index in [4.69, 9.17) is 9.15 Å². The quantitative estimate of drug-likeness (QED) is 0.311. The fourth-order valence-electron chi connectivity index (χ4n) is 2.94. The van der Waals surface area contributed by atoms with Crippen LogP contribution in [0, 0.1) is 0 Å². The predicted molar refractivity (Wildman–Crippen MR) is 98.4 cm³/mol. The van der Waals surface area contributed by atoms with Gasteiger partial charge in [-0.2, -0.15) is 0 Å². The SMILES string of the molecule is CCc1nnsc1C(=O)OCc1cc(=O)oc2ccc3ccccc3c12. The third-order valence-electron chi connectivity index (χ3n) is 4.15. The Bertz CT molecular complexity index is 1180. The normalized spacial score (nSPS) is 11.1. The second-order valence-corrected chi connectivity index (χ2v) is 6.48. The molecule has 0 N–H and O–H groups in total. The van der Waals surface area contributed by atoms with Crippen LogP contribution < -0.4 is 5.63 Å². The van der Waals surface area contributed by atoms with Crippen molar-refractivity contribution in [3.8, 4) is 0 Å². The van der Waals surface area contributed by atoms with Crippen molar-refractivity contribution in [2.24, 2.45) is 0 Å². The molecule has 2 aromatic heterocycles. The molecule has 4 aromatic rings. The van der Waals surface area contributed by atoms with Crippen molar-refractivity contribution in [1.82, 2.24) is 9.59 Å². The summed E-state index contributed by atoms with van der Waals surface area (Å²) < 4.78 is 14.5. The molecule has 0 radical (unpaired) electrons. The van der Waals surface area contributed by atoms with Gasteiger partial charge in [-0.15, -0.1) is 5.10 Å². The highest BCUT2D eigenvalue weighted by Gasteiger charge is 2.18. The third-order valence-corrected chi connectivity index (χ3v) is 4.90. The molecule has 130 valence electrons. The van der Waals surface area contributed by atoms with Crippen molar-refractivity contribution in [3.05, 3.63) is 69.0 Å². The van der Waals surface area contributed by atoms with Crippen molar-refractivity contribution in [3.63, 3.8) is 0 Å². The summed E-state index contributed by atoms with van der Waals surface area (Å²) in [6, 6.07) is 12.8. The smallest absolute Gasteiger partial charge is 0.352 e. The van der Waals surface area contributed by atoms with Gasteiger partial charge >= 0.3 is 11.6 Å². The van der Waals surface area contributed by atoms with Crippen molar-refractivity contribution in [1.29, 1.82) is 0 Å². The Morgan fingerprint density at radius 2 is 2.08 bits per heavy atom. The number of carbonyl (C=O) groups excluding carboxylic acids is 1. The van der Waals surface area contributed by atoms with Crippen LogP contribution in [-0.4, -0.2) is 15.6 Å². The topological polar surface area (TPSA) is 82.3 Å². The Balaban J connectivity index is 1.75. The van der Waals surface area contributed by atoms with Gasteiger partial charge in [-0.25, -0.2) is 9.59 Å². The third kappa shape index (κ3) is 2.86. The molecule has 7 heteroatoms. The molecule has 26 heavy (non-hydrogen) atoms. The van der Waals surface area contributed by atoms with Crippen LogP contribution >= 0.6 is 11.5 Å². The van der Waals surface area contributed by atoms with E-state index in [0.717, 1.165) is 27.7 Å². The lowest BCUT2D eigenvalue weighted by molar-refractivity contribution is 0.0478. The molecular weight excluding hydrogens is 352 g/mol. The lowest BCUT2D eigenvalue weighted by Gasteiger charge is -2.09. The number of fused-ring (bicyclic) bond motifs is 3. The molecule has 0 amide bonds. The first kappa shape index (κ1) is 16.4. The number of rotatable bonds is 4. The number of hydrogen-bond donors (Lipinski definition) is 0. The lowest BCUT2D eigenvalue weighted by atomic mass is 10.0. The van der Waals surface area contributed by atoms with Crippen LogP contribution in [0.4, 0.5) is 0 Å². The van der Waals surface area contributed by atoms with Crippen LogP contribution in [0.25, 0.3) is 21.7 Å². The van der Waals surface area contributed by atoms with E-state index >= 15 is 0 Å². The summed E-state index contributed by atoms with van der Waals surface area (Å²) in [4.78, 5) is 24.6. The summed E-state index contributed by atoms with van der Waals surface area (Å²) in [5, 5.41) is 6.64. The number of esters is 1. The number of ether oxygens (including phenoxy) is 1. The maximum Gasteiger partial charge on any atom is 0.352 e. The first-order valence-corrected chi connectivity index (χ1v) is 8.87. The summed E-state index contributed by atoms with van der Waals surface area (Å²) in [6.45, 7) is 1.87. The maximum absolute atomic E-state index is 12.4. The summed E-state index contributed by atoms with van der Waals surface area (Å²) in [7, 11) is 0. The molecule has 4 rings (SSSR count). The highest BCUT2D eigenvalue weighted by Crippen LogP contribution is 2.28. The highest BCUT2D eigenvalue weighted by molar-refractivity contribution is 7.07. The zero-order valence-corrected chi connectivity index (χ0v) is 14.7. The minimum absolute atomic E-state index is 0.0318. The first-order chi connectivity index (χ1) is 12.7. The molecule has 0 spiro atoms. The molecular formula is C19H14N2O4S. The van der Waals surface area contributed by atoms with Gasteiger partial charge in [0.15, 0.2) is 4.88 Å². The van der Waals surface area contributed by atoms with Gasteiger partial charge in [-0.1, -0.05) is 41.7 Å². The Hall–Kier alpha value is -3.06. The second kappa shape index (κ2) is 6.68. The molecule has 0 bridgehead atoms. The lowest BCUT2D eigenvalue weighted by Crippen LogP contribution is -2.08. The Kier molecular flexibility index (Phi) is 4.22. The minimum Gasteiger partial charge on any atom is -0.457 e. The number of nitrogens with zero attached hydrogens (tertiary/aromatic N) is 2. The second-order valence-electron chi connectivity index (χ2n) is 5.73. The van der Waals surface area contributed by atoms with Crippen molar-refractivity contribution in [2.45, 2.75) is 20.0 Å². The number of benzene rings is 2. The molecule has 6 nitrogen and oxygen atoms in total. The van der Waals surface area contributed by atoms with E-state index in [9.17, 15) is 9.59 Å². The monoisotopic (exact) mass is 366 g/mol. The van der Waals surface area contributed by atoms with Gasteiger partial charge in [-0.3, -0.25) is 0 Å². The fraction of sp³-hybridized carbons (Fsp3) is 0.158. The van der Waals surface area contributed by atoms with Crippen LogP contribution in [0.5, 0.6) is 0 Å². The average molecular weight is 366 g/mol. The zero-order valence-electron chi connectivity index (χ0n) is 13.9. The van der Waals surface area contributed by atoms with Gasteiger partial charge in [0.1, 0.15) is 12.2 Å². The summed E-state index contributed by atoms with van der Waals surface area (Å²) in [5.41, 5.74) is 1.21. The molecule has 0 aliphatic carbocycles. The molecule has 0 atom stereocenters. The van der Waals surface area contributed by atoms with E-state index in [1.54, 1.807) is 6.07 Å². The molecule has 2 heterocycles. The Morgan fingerprint density at radius 3 is 2.92 bits per heavy atom. The van der Waals surface area contributed by atoms with Crippen LogP contribution in [0.1, 0.15) is 27.9 Å². The van der Waals surface area contributed by atoms with Crippen molar-refractivity contribution < 1.29 is 13.9 Å². The van der Waals surface area contributed by atoms with Gasteiger partial charge < -0.3 is 9.15 Å². The molecule has 0 aliphatic rings. The van der Waals surface area contributed by atoms with Gasteiger partial charge in [0.25, 0.3) is 0 Å². The minimum atomic E-state index is -0.488. The maximum atomic E-state index is 12.4. The number of aryl methyl sites for hydroxylation is 1. The van der Waals surface area contributed by atoms with Crippen LogP contribution in [0.15, 0.2) is 51.7 Å². The Labute approximate surface area is 152 Å². The Morgan fingerprint density at radius 1 is 1.23 bits per heavy atom. The first-order valence-electron chi connectivity index (χ1n) is 8.10. The van der Waals surface area contributed by atoms with Crippen LogP contribution in [0.3, 0.4) is 0 Å². The predicted octanol–water partition coefficient (Wildman–Crippen LogP) is 3.72. The number of aromatic nitrogens is 2. The largest absolute Gasteiger partial charge is 0.457 e. The zero-order chi connectivity index (χ0) is 18.1. The molecule has 0 unspecified atom stereocenters. The highest BCUT2D eigenvalue weighted by atomic mass is 32.1. The molecule has 2 aromatic carbocycles. The van der Waals surface area contributed by atoms with E-state index in [-0.39, 0.29) is 6.61 Å². The van der Waals surface area contributed by atoms with E-state index in [1.807, 2.05) is 37.3 Å². The van der Waals surface area contributed by atoms with E-state index in [1.165, 1.54) is 6.07 Å². The summed E-state index contributed by atoms with van der Waals surface area (Å²) >= 11 is 1.01. The average Bonchev–Trinajstić information content (AvgIpc) is 3.14. The van der Waals surface area contributed by atoms with Crippen molar-refractivity contribution in [2.75, 3.05) is 0 Å². The molecule has 0 saturated heterocycles. The van der Waals surface area contributed by atoms with E-state index < -0.39 is 11.6 Å². The molecule has 0 saturated carbocycles. The van der Waals surface area contributed by atoms with Gasteiger partial charge in [0, 0.05) is 17.0 Å². The summed E-state index contributed by atoms with van der Waals surface area (Å²) in [6.07, 6.45) is 0.601.